The number of nitrogens with one attached hydrogen (secondary N) is 2. The Morgan fingerprint density at radius 2 is 1.85 bits per heavy atom. The minimum absolute atomic E-state index is 0.0787. The van der Waals surface area contributed by atoms with Crippen LogP contribution in [-0.2, 0) is 7.05 Å². The fourth-order valence-electron chi connectivity index (χ4n) is 3.90. The zero-order chi connectivity index (χ0) is 18.5. The lowest BCUT2D eigenvalue weighted by Crippen LogP contribution is -2.29. The molecule has 2 aromatic carbocycles. The molecule has 2 atom stereocenters. The second kappa shape index (κ2) is 5.77. The normalized spacial score (nSPS) is 18.4. The minimum atomic E-state index is -0.191. The summed E-state index contributed by atoms with van der Waals surface area (Å²) in [5, 5.41) is 20.9. The van der Waals surface area contributed by atoms with Gasteiger partial charge in [-0.3, -0.25) is 4.79 Å². The summed E-state index contributed by atoms with van der Waals surface area (Å²) in [6.45, 7) is 1.92. The van der Waals surface area contributed by atoms with Crippen LogP contribution in [0, 0.1) is 6.92 Å². The van der Waals surface area contributed by atoms with Crippen LogP contribution in [0.5, 0.6) is 0 Å². The number of hydrogen-bond acceptors (Lipinski definition) is 5. The Bertz CT molecular complexity index is 1210. The minimum Gasteiger partial charge on any atom is -0.377 e. The van der Waals surface area contributed by atoms with E-state index in [1.54, 1.807) is 0 Å². The Morgan fingerprint density at radius 1 is 1.04 bits per heavy atom. The number of H-pyrrole nitrogens is 1. The zero-order valence-electron chi connectivity index (χ0n) is 15.0. The van der Waals surface area contributed by atoms with E-state index in [0.29, 0.717) is 5.39 Å². The maximum atomic E-state index is 12.3. The molecule has 0 saturated carbocycles. The molecule has 1 aliphatic heterocycles. The van der Waals surface area contributed by atoms with Gasteiger partial charge in [0.2, 0.25) is 0 Å². The van der Waals surface area contributed by atoms with Crippen LogP contribution >= 0.6 is 0 Å². The van der Waals surface area contributed by atoms with Crippen LogP contribution in [0.1, 0.15) is 34.9 Å². The van der Waals surface area contributed by atoms with E-state index in [-0.39, 0.29) is 17.5 Å². The molecule has 0 amide bonds. The van der Waals surface area contributed by atoms with E-state index in [4.69, 9.17) is 0 Å². The number of aromatic nitrogens is 5. The van der Waals surface area contributed by atoms with E-state index in [1.807, 2.05) is 54.9 Å². The Labute approximate surface area is 155 Å². The van der Waals surface area contributed by atoms with Gasteiger partial charge in [0.1, 0.15) is 11.6 Å². The Balaban J connectivity index is 1.83. The SMILES string of the molecule is Cc1nnc(C2c3n[nH]c(=O)c4cccc(c34)NC2c2ccccc2)n1C. The van der Waals surface area contributed by atoms with Crippen molar-refractivity contribution < 1.29 is 0 Å². The van der Waals surface area contributed by atoms with Gasteiger partial charge in [-0.15, -0.1) is 10.2 Å². The van der Waals surface area contributed by atoms with Crippen LogP contribution in [0.4, 0.5) is 5.69 Å². The van der Waals surface area contributed by atoms with Crippen LogP contribution in [0.2, 0.25) is 0 Å². The van der Waals surface area contributed by atoms with Crippen molar-refractivity contribution in [2.75, 3.05) is 5.32 Å². The van der Waals surface area contributed by atoms with E-state index in [1.165, 1.54) is 0 Å². The van der Waals surface area contributed by atoms with Crippen LogP contribution < -0.4 is 10.9 Å². The average Bonchev–Trinajstić information content (AvgIpc) is 3.03. The van der Waals surface area contributed by atoms with Crippen molar-refractivity contribution in [2.24, 2.45) is 7.05 Å². The fraction of sp³-hybridized carbons (Fsp3) is 0.200. The van der Waals surface area contributed by atoms with Crippen molar-refractivity contribution >= 4 is 16.5 Å². The summed E-state index contributed by atoms with van der Waals surface area (Å²) in [5.74, 6) is 1.45. The number of hydrogen-bond donors (Lipinski definition) is 2. The molecule has 4 aromatic rings. The number of aryl methyl sites for hydroxylation is 1. The van der Waals surface area contributed by atoms with Crippen molar-refractivity contribution in [3.63, 3.8) is 0 Å². The van der Waals surface area contributed by atoms with Gasteiger partial charge in [-0.05, 0) is 24.6 Å². The molecule has 27 heavy (non-hydrogen) atoms. The summed E-state index contributed by atoms with van der Waals surface area (Å²) in [6, 6.07) is 15.8. The van der Waals surface area contributed by atoms with Gasteiger partial charge in [0, 0.05) is 18.1 Å². The molecule has 134 valence electrons. The van der Waals surface area contributed by atoms with Gasteiger partial charge in [0.05, 0.1) is 23.0 Å². The van der Waals surface area contributed by atoms with Gasteiger partial charge in [0.15, 0.2) is 0 Å². The molecular formula is C20H18N6O. The summed E-state index contributed by atoms with van der Waals surface area (Å²) >= 11 is 0. The van der Waals surface area contributed by atoms with E-state index in [2.05, 4.69) is 37.8 Å². The highest BCUT2D eigenvalue weighted by atomic mass is 16.1. The van der Waals surface area contributed by atoms with Crippen LogP contribution in [0.25, 0.3) is 10.8 Å². The number of nitrogens with zero attached hydrogens (tertiary/aromatic N) is 4. The van der Waals surface area contributed by atoms with Crippen LogP contribution in [-0.4, -0.2) is 25.0 Å². The summed E-state index contributed by atoms with van der Waals surface area (Å²) in [5.41, 5.74) is 2.65. The second-order valence-corrected chi connectivity index (χ2v) is 6.84. The molecule has 2 aromatic heterocycles. The predicted molar refractivity (Wildman–Crippen MR) is 103 cm³/mol. The molecule has 2 N–H and O–H groups in total. The predicted octanol–water partition coefficient (Wildman–Crippen LogP) is 2.66. The lowest BCUT2D eigenvalue weighted by Gasteiger charge is -2.33. The van der Waals surface area contributed by atoms with Crippen LogP contribution in [0.3, 0.4) is 0 Å². The molecule has 0 bridgehead atoms. The summed E-state index contributed by atoms with van der Waals surface area (Å²) in [7, 11) is 1.95. The smallest absolute Gasteiger partial charge is 0.272 e. The number of rotatable bonds is 2. The van der Waals surface area contributed by atoms with Crippen molar-refractivity contribution in [3.8, 4) is 0 Å². The summed E-state index contributed by atoms with van der Waals surface area (Å²) < 4.78 is 1.98. The summed E-state index contributed by atoms with van der Waals surface area (Å²) in [4.78, 5) is 12.3. The molecule has 0 spiro atoms. The molecule has 5 rings (SSSR count). The van der Waals surface area contributed by atoms with Gasteiger partial charge in [-0.1, -0.05) is 36.4 Å². The first kappa shape index (κ1) is 15.7. The molecular weight excluding hydrogens is 340 g/mol. The maximum Gasteiger partial charge on any atom is 0.272 e. The van der Waals surface area contributed by atoms with Gasteiger partial charge in [-0.25, -0.2) is 5.10 Å². The highest BCUT2D eigenvalue weighted by molar-refractivity contribution is 5.97. The summed E-state index contributed by atoms with van der Waals surface area (Å²) in [6.07, 6.45) is 0. The van der Waals surface area contributed by atoms with Crippen molar-refractivity contribution in [2.45, 2.75) is 18.9 Å². The van der Waals surface area contributed by atoms with Crippen LogP contribution in [0.15, 0.2) is 53.3 Å². The highest BCUT2D eigenvalue weighted by Crippen LogP contribution is 2.45. The van der Waals surface area contributed by atoms with Gasteiger partial charge in [0.25, 0.3) is 5.56 Å². The first-order valence-electron chi connectivity index (χ1n) is 8.84. The third-order valence-corrected chi connectivity index (χ3v) is 5.35. The zero-order valence-corrected chi connectivity index (χ0v) is 15.0. The number of benzene rings is 2. The lowest BCUT2D eigenvalue weighted by atomic mass is 9.83. The largest absolute Gasteiger partial charge is 0.377 e. The first-order valence-corrected chi connectivity index (χ1v) is 8.84. The van der Waals surface area contributed by atoms with Gasteiger partial charge < -0.3 is 9.88 Å². The van der Waals surface area contributed by atoms with Gasteiger partial charge >= 0.3 is 0 Å². The number of anilines is 1. The molecule has 7 nitrogen and oxygen atoms in total. The molecule has 3 heterocycles. The van der Waals surface area contributed by atoms with Gasteiger partial charge in [-0.2, -0.15) is 5.10 Å². The monoisotopic (exact) mass is 358 g/mol. The van der Waals surface area contributed by atoms with E-state index in [9.17, 15) is 4.79 Å². The molecule has 0 radical (unpaired) electrons. The lowest BCUT2D eigenvalue weighted by molar-refractivity contribution is 0.580. The Morgan fingerprint density at radius 3 is 2.59 bits per heavy atom. The molecule has 2 unspecified atom stereocenters. The van der Waals surface area contributed by atoms with E-state index < -0.39 is 0 Å². The van der Waals surface area contributed by atoms with E-state index >= 15 is 0 Å². The highest BCUT2D eigenvalue weighted by Gasteiger charge is 2.37. The topological polar surface area (TPSA) is 88.5 Å². The fourth-order valence-corrected chi connectivity index (χ4v) is 3.90. The van der Waals surface area contributed by atoms with Crippen molar-refractivity contribution in [1.29, 1.82) is 0 Å². The van der Waals surface area contributed by atoms with Crippen molar-refractivity contribution in [1.82, 2.24) is 25.0 Å². The average molecular weight is 358 g/mol. The second-order valence-electron chi connectivity index (χ2n) is 6.84. The molecule has 0 saturated heterocycles. The standard InChI is InChI=1S/C20H18N6O/c1-11-22-24-19(26(11)2)16-17(12-7-4-3-5-8-12)21-14-10-6-9-13-15(14)18(16)23-25-20(13)27/h3-10,16-17,21H,1-2H3,(H,25,27). The quantitative estimate of drug-likeness (QED) is 0.575. The maximum absolute atomic E-state index is 12.3. The molecule has 1 aliphatic rings. The first-order chi connectivity index (χ1) is 13.1. The molecule has 0 aliphatic carbocycles. The third-order valence-electron chi connectivity index (χ3n) is 5.35. The van der Waals surface area contributed by atoms with E-state index in [0.717, 1.165) is 34.0 Å². The molecule has 0 fully saturated rings. The molecule has 7 heteroatoms. The third kappa shape index (κ3) is 2.28. The number of aromatic amines is 1. The Kier molecular flexibility index (Phi) is 3.36. The van der Waals surface area contributed by atoms with Crippen molar-refractivity contribution in [3.05, 3.63) is 81.8 Å². The Hall–Kier alpha value is -3.48.